The van der Waals surface area contributed by atoms with Gasteiger partial charge in [0, 0.05) is 5.69 Å². The predicted octanol–water partition coefficient (Wildman–Crippen LogP) is 4.31. The van der Waals surface area contributed by atoms with Gasteiger partial charge in [-0.05, 0) is 47.6 Å². The van der Waals surface area contributed by atoms with Gasteiger partial charge in [0.1, 0.15) is 0 Å². The van der Waals surface area contributed by atoms with Gasteiger partial charge in [-0.3, -0.25) is 9.36 Å². The molecule has 126 valence electrons. The minimum atomic E-state index is -4.15. The minimum absolute atomic E-state index is 0.491. The van der Waals surface area contributed by atoms with Gasteiger partial charge in [-0.1, -0.05) is 23.2 Å². The average molecular weight is 371 g/mol. The molecular weight excluding hydrogens is 350 g/mol. The van der Waals surface area contributed by atoms with Crippen LogP contribution in [0.25, 0.3) is 0 Å². The quantitative estimate of drug-likeness (QED) is 0.550. The standard InChI is InChI=1S/C13H21Cl2N2O4P/c1-8(2)20-22(19,21-9(3)4)13(14,15)12(18)17-11(6)7-10(5)16-17/h7-9H,1-6H3. The molecule has 1 aromatic heterocycles. The van der Waals surface area contributed by atoms with Crippen LogP contribution in [0, 0.1) is 13.8 Å². The summed E-state index contributed by atoms with van der Waals surface area (Å²) in [5.74, 6) is -0.869. The maximum absolute atomic E-state index is 13.0. The Labute approximate surface area is 140 Å². The molecule has 0 unspecified atom stereocenters. The summed E-state index contributed by atoms with van der Waals surface area (Å²) in [5, 5.41) is 4.01. The van der Waals surface area contributed by atoms with E-state index in [2.05, 4.69) is 5.10 Å². The van der Waals surface area contributed by atoms with Crippen LogP contribution in [-0.4, -0.2) is 32.0 Å². The van der Waals surface area contributed by atoms with Gasteiger partial charge < -0.3 is 9.05 Å². The largest absolute Gasteiger partial charge is 0.376 e. The molecule has 0 bridgehead atoms. The Bertz CT molecular complexity index is 585. The van der Waals surface area contributed by atoms with Gasteiger partial charge in [0.15, 0.2) is 0 Å². The highest BCUT2D eigenvalue weighted by atomic mass is 35.5. The van der Waals surface area contributed by atoms with Gasteiger partial charge in [0.25, 0.3) is 9.98 Å². The second kappa shape index (κ2) is 7.02. The van der Waals surface area contributed by atoms with Crippen LogP contribution in [0.4, 0.5) is 0 Å². The van der Waals surface area contributed by atoms with Crippen molar-refractivity contribution in [2.45, 2.75) is 57.8 Å². The van der Waals surface area contributed by atoms with Crippen LogP contribution in [0.15, 0.2) is 6.07 Å². The highest BCUT2D eigenvalue weighted by molar-refractivity contribution is 7.61. The molecule has 0 aliphatic rings. The van der Waals surface area contributed by atoms with Crippen molar-refractivity contribution in [3.05, 3.63) is 17.5 Å². The van der Waals surface area contributed by atoms with Crippen molar-refractivity contribution in [2.75, 3.05) is 0 Å². The summed E-state index contributed by atoms with van der Waals surface area (Å²) in [6.45, 7) is 9.97. The van der Waals surface area contributed by atoms with Gasteiger partial charge >= 0.3 is 7.60 Å². The zero-order valence-corrected chi connectivity index (χ0v) is 15.9. The zero-order valence-electron chi connectivity index (χ0n) is 13.5. The molecule has 1 heterocycles. The Balaban J connectivity index is 3.29. The number of carbonyl (C=O) groups excluding carboxylic acids is 1. The first-order chi connectivity index (χ1) is 9.90. The van der Waals surface area contributed by atoms with Crippen molar-refractivity contribution in [3.63, 3.8) is 0 Å². The Morgan fingerprint density at radius 2 is 1.68 bits per heavy atom. The van der Waals surface area contributed by atoms with Crippen LogP contribution in [0.1, 0.15) is 43.9 Å². The van der Waals surface area contributed by atoms with Crippen molar-refractivity contribution in [3.8, 4) is 0 Å². The lowest BCUT2D eigenvalue weighted by molar-refractivity contribution is 0.0861. The lowest BCUT2D eigenvalue weighted by Gasteiger charge is -2.30. The number of alkyl halides is 2. The third kappa shape index (κ3) is 4.12. The molecule has 0 saturated carbocycles. The molecule has 0 aliphatic carbocycles. The average Bonchev–Trinajstić information content (AvgIpc) is 2.64. The van der Waals surface area contributed by atoms with Gasteiger partial charge in [-0.2, -0.15) is 5.10 Å². The van der Waals surface area contributed by atoms with Gasteiger partial charge in [0.2, 0.25) is 0 Å². The minimum Gasteiger partial charge on any atom is -0.303 e. The van der Waals surface area contributed by atoms with E-state index in [4.69, 9.17) is 32.2 Å². The van der Waals surface area contributed by atoms with Gasteiger partial charge in [-0.25, -0.2) is 4.68 Å². The van der Waals surface area contributed by atoms with E-state index < -0.39 is 29.8 Å². The van der Waals surface area contributed by atoms with Crippen LogP contribution in [0.5, 0.6) is 0 Å². The normalized spacial score (nSPS) is 13.2. The van der Waals surface area contributed by atoms with Crippen LogP contribution >= 0.6 is 30.8 Å². The van der Waals surface area contributed by atoms with E-state index in [1.807, 2.05) is 0 Å². The summed E-state index contributed by atoms with van der Waals surface area (Å²) >= 11 is 12.3. The summed E-state index contributed by atoms with van der Waals surface area (Å²) < 4.78 is 22.3. The predicted molar refractivity (Wildman–Crippen MR) is 86.8 cm³/mol. The van der Waals surface area contributed by atoms with E-state index >= 15 is 0 Å². The first kappa shape index (κ1) is 19.7. The number of rotatable bonds is 6. The molecule has 0 saturated heterocycles. The Hall–Kier alpha value is -0.390. The molecule has 0 amide bonds. The number of hydrogen-bond acceptors (Lipinski definition) is 5. The van der Waals surface area contributed by atoms with E-state index in [0.717, 1.165) is 4.68 Å². The summed E-state index contributed by atoms with van der Waals surface area (Å²) in [6.07, 6.45) is -0.982. The summed E-state index contributed by atoms with van der Waals surface area (Å²) in [5.41, 5.74) is 1.13. The topological polar surface area (TPSA) is 70.4 Å². The molecule has 6 nitrogen and oxygen atoms in total. The van der Waals surface area contributed by atoms with Gasteiger partial charge in [0.05, 0.1) is 17.9 Å². The molecule has 0 spiro atoms. The van der Waals surface area contributed by atoms with Crippen molar-refractivity contribution >= 4 is 36.7 Å². The third-order valence-electron chi connectivity index (χ3n) is 2.50. The monoisotopic (exact) mass is 370 g/mol. The van der Waals surface area contributed by atoms with Crippen LogP contribution in [0.2, 0.25) is 0 Å². The molecule has 22 heavy (non-hydrogen) atoms. The lowest BCUT2D eigenvalue weighted by atomic mass is 10.4. The van der Waals surface area contributed by atoms with Crippen molar-refractivity contribution in [1.29, 1.82) is 0 Å². The maximum Gasteiger partial charge on any atom is 0.376 e. The Morgan fingerprint density at radius 3 is 2.00 bits per heavy atom. The van der Waals surface area contributed by atoms with Crippen LogP contribution in [-0.2, 0) is 13.6 Å². The fourth-order valence-corrected chi connectivity index (χ4v) is 4.18. The summed E-state index contributed by atoms with van der Waals surface area (Å²) in [7, 11) is -4.15. The molecule has 0 radical (unpaired) electrons. The number of halogens is 2. The third-order valence-corrected chi connectivity index (χ3v) is 6.35. The number of hydrogen-bond donors (Lipinski definition) is 0. The van der Waals surface area contributed by atoms with E-state index in [-0.39, 0.29) is 0 Å². The molecule has 9 heteroatoms. The molecule has 1 rings (SSSR count). The lowest BCUT2D eigenvalue weighted by Crippen LogP contribution is -2.35. The first-order valence-electron chi connectivity index (χ1n) is 6.83. The van der Waals surface area contributed by atoms with Crippen molar-refractivity contribution in [2.24, 2.45) is 0 Å². The van der Waals surface area contributed by atoms with E-state index in [0.29, 0.717) is 11.4 Å². The second-order valence-electron chi connectivity index (χ2n) is 5.49. The van der Waals surface area contributed by atoms with E-state index in [9.17, 15) is 9.36 Å². The number of nitrogens with zero attached hydrogens (tertiary/aromatic N) is 2. The number of aryl methyl sites for hydroxylation is 2. The SMILES string of the molecule is Cc1cc(C)n(C(=O)C(Cl)(Cl)P(=O)(OC(C)C)OC(C)C)n1. The molecule has 0 atom stereocenters. The Kier molecular flexibility index (Phi) is 6.27. The van der Waals surface area contributed by atoms with Crippen molar-refractivity contribution in [1.82, 2.24) is 9.78 Å². The second-order valence-corrected chi connectivity index (χ2v) is 9.43. The zero-order chi connectivity index (χ0) is 17.3. The molecule has 0 aliphatic heterocycles. The van der Waals surface area contributed by atoms with Gasteiger partial charge in [-0.15, -0.1) is 0 Å². The fraction of sp³-hybridized carbons (Fsp3) is 0.692. The highest BCUT2D eigenvalue weighted by Crippen LogP contribution is 2.66. The van der Waals surface area contributed by atoms with Crippen molar-refractivity contribution < 1.29 is 18.4 Å². The fourth-order valence-electron chi connectivity index (χ4n) is 1.79. The maximum atomic E-state index is 13.0. The smallest absolute Gasteiger partial charge is 0.303 e. The summed E-state index contributed by atoms with van der Waals surface area (Å²) in [4.78, 5) is 12.6. The number of carbonyl (C=O) groups is 1. The van der Waals surface area contributed by atoms with E-state index in [1.165, 1.54) is 0 Å². The van der Waals surface area contributed by atoms with Crippen LogP contribution in [0.3, 0.4) is 0 Å². The molecule has 1 aromatic rings. The first-order valence-corrected chi connectivity index (χ1v) is 9.13. The highest BCUT2D eigenvalue weighted by Gasteiger charge is 2.57. The molecule has 0 N–H and O–H groups in total. The van der Waals surface area contributed by atoms with Crippen LogP contribution < -0.4 is 0 Å². The molecule has 0 fully saturated rings. The molecule has 0 aromatic carbocycles. The molecular formula is C13H21Cl2N2O4P. The van der Waals surface area contributed by atoms with E-state index in [1.54, 1.807) is 47.6 Å². The Morgan fingerprint density at radius 1 is 1.23 bits per heavy atom. The number of aromatic nitrogens is 2. The summed E-state index contributed by atoms with van der Waals surface area (Å²) in [6, 6.07) is 1.68.